The lowest BCUT2D eigenvalue weighted by atomic mass is 10.00. The SMILES string of the molecule is CC(C)(C)OC(=O)N(C1CNc2ccccc2C1)S(=O)(=O)c1ccc(Cl)cc1Cl. The van der Waals surface area contributed by atoms with Gasteiger partial charge in [-0.15, -0.1) is 0 Å². The summed E-state index contributed by atoms with van der Waals surface area (Å²) in [5, 5.41) is 3.43. The van der Waals surface area contributed by atoms with Crippen LogP contribution in [-0.4, -0.2) is 37.0 Å². The van der Waals surface area contributed by atoms with E-state index in [-0.39, 0.29) is 16.5 Å². The topological polar surface area (TPSA) is 75.7 Å². The lowest BCUT2D eigenvalue weighted by molar-refractivity contribution is 0.0343. The Hall–Kier alpha value is -1.96. The first kappa shape index (κ1) is 21.7. The normalized spacial score (nSPS) is 16.5. The summed E-state index contributed by atoms with van der Waals surface area (Å²) in [4.78, 5) is 12.8. The molecule has 0 fully saturated rings. The van der Waals surface area contributed by atoms with Gasteiger partial charge in [0, 0.05) is 17.3 Å². The molecule has 29 heavy (non-hydrogen) atoms. The second-order valence-corrected chi connectivity index (χ2v) is 10.4. The maximum atomic E-state index is 13.5. The fourth-order valence-corrected chi connectivity index (χ4v) is 5.36. The number of fused-ring (bicyclic) bond motifs is 1. The summed E-state index contributed by atoms with van der Waals surface area (Å²) < 4.78 is 33.2. The summed E-state index contributed by atoms with van der Waals surface area (Å²) in [7, 11) is -4.29. The maximum Gasteiger partial charge on any atom is 0.424 e. The number of carbonyl (C=O) groups excluding carboxylic acids is 1. The van der Waals surface area contributed by atoms with Crippen molar-refractivity contribution in [2.75, 3.05) is 11.9 Å². The monoisotopic (exact) mass is 456 g/mol. The third-order valence-corrected chi connectivity index (χ3v) is 6.87. The standard InChI is InChI=1S/C20H22Cl2N2O4S/c1-20(2,3)28-19(25)24(15-10-13-6-4-5-7-17(13)23-12-15)29(26,27)18-9-8-14(21)11-16(18)22/h4-9,11,15,23H,10,12H2,1-3H3. The number of rotatable bonds is 3. The molecule has 1 unspecified atom stereocenters. The maximum absolute atomic E-state index is 13.5. The van der Waals surface area contributed by atoms with Crippen LogP contribution in [0.15, 0.2) is 47.4 Å². The van der Waals surface area contributed by atoms with Crippen molar-refractivity contribution in [3.05, 3.63) is 58.1 Å². The highest BCUT2D eigenvalue weighted by molar-refractivity contribution is 7.89. The number of nitrogens with one attached hydrogen (secondary N) is 1. The quantitative estimate of drug-likeness (QED) is 0.706. The Balaban J connectivity index is 2.05. The van der Waals surface area contributed by atoms with Crippen LogP contribution in [0.3, 0.4) is 0 Å². The average Bonchev–Trinajstić information content (AvgIpc) is 2.59. The van der Waals surface area contributed by atoms with E-state index in [1.807, 2.05) is 24.3 Å². The van der Waals surface area contributed by atoms with E-state index in [9.17, 15) is 13.2 Å². The largest absolute Gasteiger partial charge is 0.443 e. The number of benzene rings is 2. The van der Waals surface area contributed by atoms with Gasteiger partial charge in [0.1, 0.15) is 10.5 Å². The lowest BCUT2D eigenvalue weighted by Crippen LogP contribution is -2.51. The molecule has 1 N–H and O–H groups in total. The zero-order chi connectivity index (χ0) is 21.4. The summed E-state index contributed by atoms with van der Waals surface area (Å²) in [6.45, 7) is 5.29. The van der Waals surface area contributed by atoms with Gasteiger partial charge in [0.15, 0.2) is 0 Å². The van der Waals surface area contributed by atoms with E-state index in [0.29, 0.717) is 11.4 Å². The molecule has 2 aromatic carbocycles. The first-order valence-electron chi connectivity index (χ1n) is 9.03. The molecule has 1 heterocycles. The van der Waals surface area contributed by atoms with Gasteiger partial charge >= 0.3 is 6.09 Å². The highest BCUT2D eigenvalue weighted by Crippen LogP contribution is 2.32. The van der Waals surface area contributed by atoms with Crippen LogP contribution >= 0.6 is 23.2 Å². The van der Waals surface area contributed by atoms with Gasteiger partial charge in [-0.25, -0.2) is 13.2 Å². The summed E-state index contributed by atoms with van der Waals surface area (Å²) in [5.74, 6) is 0. The van der Waals surface area contributed by atoms with E-state index < -0.39 is 27.8 Å². The fraction of sp³-hybridized carbons (Fsp3) is 0.350. The lowest BCUT2D eigenvalue weighted by Gasteiger charge is -2.36. The Morgan fingerprint density at radius 1 is 1.17 bits per heavy atom. The van der Waals surface area contributed by atoms with E-state index in [2.05, 4.69) is 5.32 Å². The van der Waals surface area contributed by atoms with Crippen LogP contribution < -0.4 is 5.32 Å². The van der Waals surface area contributed by atoms with Gasteiger partial charge in [0.25, 0.3) is 10.0 Å². The molecule has 2 aromatic rings. The van der Waals surface area contributed by atoms with Crippen molar-refractivity contribution in [3.8, 4) is 0 Å². The first-order valence-corrected chi connectivity index (χ1v) is 11.2. The van der Waals surface area contributed by atoms with Crippen molar-refractivity contribution in [2.24, 2.45) is 0 Å². The van der Waals surface area contributed by atoms with Crippen LogP contribution in [-0.2, 0) is 21.2 Å². The van der Waals surface area contributed by atoms with Crippen molar-refractivity contribution in [2.45, 2.75) is 43.7 Å². The Bertz CT molecular complexity index is 1040. The van der Waals surface area contributed by atoms with Crippen molar-refractivity contribution in [1.29, 1.82) is 0 Å². The number of ether oxygens (including phenoxy) is 1. The molecule has 3 rings (SSSR count). The molecule has 156 valence electrons. The van der Waals surface area contributed by atoms with Gasteiger partial charge in [0.05, 0.1) is 11.1 Å². The summed E-state index contributed by atoms with van der Waals surface area (Å²) in [5.41, 5.74) is 0.957. The molecule has 0 spiro atoms. The number of hydrogen-bond donors (Lipinski definition) is 1. The van der Waals surface area contributed by atoms with E-state index in [1.165, 1.54) is 18.2 Å². The molecule has 0 aliphatic carbocycles. The van der Waals surface area contributed by atoms with E-state index in [1.54, 1.807) is 20.8 Å². The number of para-hydroxylation sites is 1. The van der Waals surface area contributed by atoms with Gasteiger partial charge in [-0.2, -0.15) is 4.31 Å². The minimum Gasteiger partial charge on any atom is -0.443 e. The Morgan fingerprint density at radius 3 is 2.52 bits per heavy atom. The molecular weight excluding hydrogens is 435 g/mol. The number of halogens is 2. The third-order valence-electron chi connectivity index (χ3n) is 4.34. The van der Waals surface area contributed by atoms with Crippen LogP contribution in [0, 0.1) is 0 Å². The van der Waals surface area contributed by atoms with Crippen LogP contribution in [0.4, 0.5) is 10.5 Å². The molecule has 0 saturated heterocycles. The molecule has 0 bridgehead atoms. The van der Waals surface area contributed by atoms with Gasteiger partial charge in [-0.1, -0.05) is 41.4 Å². The van der Waals surface area contributed by atoms with Gasteiger partial charge in [0.2, 0.25) is 0 Å². The summed E-state index contributed by atoms with van der Waals surface area (Å²) in [6, 6.07) is 10.9. The minimum atomic E-state index is -4.29. The zero-order valence-electron chi connectivity index (χ0n) is 16.3. The molecule has 9 heteroatoms. The molecule has 1 amide bonds. The predicted octanol–water partition coefficient (Wildman–Crippen LogP) is 4.96. The van der Waals surface area contributed by atoms with Crippen molar-refractivity contribution in [1.82, 2.24) is 4.31 Å². The smallest absolute Gasteiger partial charge is 0.424 e. The minimum absolute atomic E-state index is 0.0600. The van der Waals surface area contributed by atoms with Crippen LogP contribution in [0.1, 0.15) is 26.3 Å². The molecule has 0 radical (unpaired) electrons. The van der Waals surface area contributed by atoms with Crippen LogP contribution in [0.2, 0.25) is 10.0 Å². The number of hydrogen-bond acceptors (Lipinski definition) is 5. The Kier molecular flexibility index (Phi) is 6.03. The van der Waals surface area contributed by atoms with Gasteiger partial charge < -0.3 is 10.1 Å². The van der Waals surface area contributed by atoms with Gasteiger partial charge in [-0.3, -0.25) is 0 Å². The molecule has 6 nitrogen and oxygen atoms in total. The third kappa shape index (κ3) is 4.79. The summed E-state index contributed by atoms with van der Waals surface area (Å²) in [6.07, 6.45) is -0.595. The van der Waals surface area contributed by atoms with E-state index in [0.717, 1.165) is 15.6 Å². The molecule has 0 saturated carbocycles. The number of sulfonamides is 1. The Labute approximate surface area is 180 Å². The second-order valence-electron chi connectivity index (χ2n) is 7.75. The fourth-order valence-electron chi connectivity index (χ4n) is 3.13. The molecular formula is C20H22Cl2N2O4S. The second kappa shape index (κ2) is 8.05. The average molecular weight is 457 g/mol. The van der Waals surface area contributed by atoms with E-state index >= 15 is 0 Å². The molecule has 1 atom stereocenters. The van der Waals surface area contributed by atoms with Crippen LogP contribution in [0.5, 0.6) is 0 Å². The molecule has 0 aromatic heterocycles. The van der Waals surface area contributed by atoms with Crippen molar-refractivity contribution >= 4 is 45.0 Å². The molecule has 1 aliphatic heterocycles. The predicted molar refractivity (Wildman–Crippen MR) is 114 cm³/mol. The highest BCUT2D eigenvalue weighted by Gasteiger charge is 2.41. The van der Waals surface area contributed by atoms with E-state index in [4.69, 9.17) is 27.9 Å². The van der Waals surface area contributed by atoms with Crippen molar-refractivity contribution in [3.63, 3.8) is 0 Å². The first-order chi connectivity index (χ1) is 13.5. The number of amides is 1. The number of carbonyl (C=O) groups is 1. The zero-order valence-corrected chi connectivity index (χ0v) is 18.6. The summed E-state index contributed by atoms with van der Waals surface area (Å²) >= 11 is 12.1. The van der Waals surface area contributed by atoms with Crippen molar-refractivity contribution < 1.29 is 17.9 Å². The molecule has 1 aliphatic rings. The number of nitrogens with zero attached hydrogens (tertiary/aromatic N) is 1. The highest BCUT2D eigenvalue weighted by atomic mass is 35.5. The Morgan fingerprint density at radius 2 is 1.86 bits per heavy atom. The van der Waals surface area contributed by atoms with Crippen LogP contribution in [0.25, 0.3) is 0 Å². The number of anilines is 1. The van der Waals surface area contributed by atoms with Gasteiger partial charge in [-0.05, 0) is 57.0 Å².